The summed E-state index contributed by atoms with van der Waals surface area (Å²) >= 11 is 0. The third kappa shape index (κ3) is 4.44. The van der Waals surface area contributed by atoms with Gasteiger partial charge in [0, 0.05) is 37.3 Å². The Morgan fingerprint density at radius 1 is 1.04 bits per heavy atom. The molecule has 0 radical (unpaired) electrons. The SMILES string of the molecule is O=C(NCc1ccccc1CN1CCOCC1)c1ccc(-c2nnco2)cc1. The topological polar surface area (TPSA) is 80.5 Å². The maximum absolute atomic E-state index is 12.5. The molecular weight excluding hydrogens is 356 g/mol. The van der Waals surface area contributed by atoms with Crippen LogP contribution in [0.15, 0.2) is 59.3 Å². The fourth-order valence-corrected chi connectivity index (χ4v) is 3.22. The predicted octanol–water partition coefficient (Wildman–Crippen LogP) is 2.50. The van der Waals surface area contributed by atoms with Gasteiger partial charge in [-0.1, -0.05) is 24.3 Å². The van der Waals surface area contributed by atoms with Crippen molar-refractivity contribution >= 4 is 5.91 Å². The zero-order valence-corrected chi connectivity index (χ0v) is 15.5. The van der Waals surface area contributed by atoms with Crippen LogP contribution < -0.4 is 5.32 Å². The van der Waals surface area contributed by atoms with Gasteiger partial charge in [-0.25, -0.2) is 0 Å². The van der Waals surface area contributed by atoms with Crippen LogP contribution in [0, 0.1) is 0 Å². The van der Waals surface area contributed by atoms with Gasteiger partial charge in [0.1, 0.15) is 0 Å². The Bertz CT molecular complexity index is 904. The van der Waals surface area contributed by atoms with Crippen LogP contribution in [0.1, 0.15) is 21.5 Å². The first-order valence-corrected chi connectivity index (χ1v) is 9.31. The molecule has 0 unspecified atom stereocenters. The van der Waals surface area contributed by atoms with Gasteiger partial charge < -0.3 is 14.5 Å². The first kappa shape index (κ1) is 18.3. The zero-order chi connectivity index (χ0) is 19.2. The average molecular weight is 378 g/mol. The van der Waals surface area contributed by atoms with E-state index in [9.17, 15) is 4.79 Å². The van der Waals surface area contributed by atoms with Gasteiger partial charge in [0.25, 0.3) is 5.91 Å². The number of nitrogens with one attached hydrogen (secondary N) is 1. The molecule has 2 aromatic carbocycles. The summed E-state index contributed by atoms with van der Waals surface area (Å²) in [5, 5.41) is 10.5. The van der Waals surface area contributed by atoms with E-state index in [1.807, 2.05) is 12.1 Å². The molecule has 0 bridgehead atoms. The first-order chi connectivity index (χ1) is 13.8. The van der Waals surface area contributed by atoms with Crippen molar-refractivity contribution in [2.24, 2.45) is 0 Å². The van der Waals surface area contributed by atoms with Crippen molar-refractivity contribution in [1.82, 2.24) is 20.4 Å². The molecule has 0 spiro atoms. The summed E-state index contributed by atoms with van der Waals surface area (Å²) < 4.78 is 10.6. The van der Waals surface area contributed by atoms with Crippen LogP contribution >= 0.6 is 0 Å². The number of rotatable bonds is 6. The van der Waals surface area contributed by atoms with Gasteiger partial charge in [-0.3, -0.25) is 9.69 Å². The maximum Gasteiger partial charge on any atom is 0.251 e. The van der Waals surface area contributed by atoms with Gasteiger partial charge in [0.15, 0.2) is 0 Å². The fourth-order valence-electron chi connectivity index (χ4n) is 3.22. The van der Waals surface area contributed by atoms with E-state index in [1.165, 1.54) is 12.0 Å². The van der Waals surface area contributed by atoms with Gasteiger partial charge in [-0.15, -0.1) is 10.2 Å². The van der Waals surface area contributed by atoms with Crippen molar-refractivity contribution in [3.05, 3.63) is 71.6 Å². The Balaban J connectivity index is 1.38. The lowest BCUT2D eigenvalue weighted by Crippen LogP contribution is -2.36. The van der Waals surface area contributed by atoms with Gasteiger partial charge in [-0.05, 0) is 35.4 Å². The number of amides is 1. The van der Waals surface area contributed by atoms with E-state index in [2.05, 4.69) is 32.5 Å². The van der Waals surface area contributed by atoms with Crippen LogP contribution in [0.4, 0.5) is 0 Å². The zero-order valence-electron chi connectivity index (χ0n) is 15.5. The van der Waals surface area contributed by atoms with E-state index in [0.717, 1.165) is 44.0 Å². The number of morpholine rings is 1. The number of carbonyl (C=O) groups is 1. The minimum atomic E-state index is -0.113. The van der Waals surface area contributed by atoms with Crippen molar-refractivity contribution in [2.45, 2.75) is 13.1 Å². The molecule has 7 nitrogen and oxygen atoms in total. The van der Waals surface area contributed by atoms with Crippen LogP contribution in [0.2, 0.25) is 0 Å². The van der Waals surface area contributed by atoms with E-state index in [1.54, 1.807) is 24.3 Å². The molecule has 144 valence electrons. The van der Waals surface area contributed by atoms with Gasteiger partial charge in [0.2, 0.25) is 12.3 Å². The van der Waals surface area contributed by atoms with Crippen LogP contribution in [0.3, 0.4) is 0 Å². The summed E-state index contributed by atoms with van der Waals surface area (Å²) in [5.41, 5.74) is 3.74. The molecule has 0 aliphatic carbocycles. The van der Waals surface area contributed by atoms with Crippen LogP contribution in [0.25, 0.3) is 11.5 Å². The Morgan fingerprint density at radius 3 is 2.50 bits per heavy atom. The van der Waals surface area contributed by atoms with E-state index in [-0.39, 0.29) is 5.91 Å². The first-order valence-electron chi connectivity index (χ1n) is 9.31. The highest BCUT2D eigenvalue weighted by Crippen LogP contribution is 2.17. The summed E-state index contributed by atoms with van der Waals surface area (Å²) in [5.74, 6) is 0.322. The number of carbonyl (C=O) groups excluding carboxylic acids is 1. The van der Waals surface area contributed by atoms with Crippen molar-refractivity contribution in [2.75, 3.05) is 26.3 Å². The average Bonchev–Trinajstić information content (AvgIpc) is 3.29. The fraction of sp³-hybridized carbons (Fsp3) is 0.286. The number of hydrogen-bond acceptors (Lipinski definition) is 6. The second-order valence-corrected chi connectivity index (χ2v) is 6.66. The highest BCUT2D eigenvalue weighted by Gasteiger charge is 2.13. The minimum absolute atomic E-state index is 0.113. The van der Waals surface area contributed by atoms with Crippen LogP contribution in [-0.2, 0) is 17.8 Å². The van der Waals surface area contributed by atoms with E-state index in [0.29, 0.717) is 18.0 Å². The molecule has 2 heterocycles. The lowest BCUT2D eigenvalue weighted by Gasteiger charge is -2.27. The number of aromatic nitrogens is 2. The molecule has 1 aromatic heterocycles. The van der Waals surface area contributed by atoms with Gasteiger partial charge >= 0.3 is 0 Å². The summed E-state index contributed by atoms with van der Waals surface area (Å²) in [6, 6.07) is 15.3. The quantitative estimate of drug-likeness (QED) is 0.710. The monoisotopic (exact) mass is 378 g/mol. The third-order valence-electron chi connectivity index (χ3n) is 4.81. The summed E-state index contributed by atoms with van der Waals surface area (Å²) in [4.78, 5) is 14.9. The second kappa shape index (κ2) is 8.77. The Kier molecular flexibility index (Phi) is 5.75. The Morgan fingerprint density at radius 2 is 1.79 bits per heavy atom. The third-order valence-corrected chi connectivity index (χ3v) is 4.81. The van der Waals surface area contributed by atoms with Crippen molar-refractivity contribution in [1.29, 1.82) is 0 Å². The summed E-state index contributed by atoms with van der Waals surface area (Å²) in [6.07, 6.45) is 1.28. The van der Waals surface area contributed by atoms with Gasteiger partial charge in [-0.2, -0.15) is 0 Å². The van der Waals surface area contributed by atoms with Crippen molar-refractivity contribution in [3.8, 4) is 11.5 Å². The molecule has 1 N–H and O–H groups in total. The molecule has 28 heavy (non-hydrogen) atoms. The lowest BCUT2D eigenvalue weighted by atomic mass is 10.1. The molecule has 0 atom stereocenters. The molecule has 1 aliphatic rings. The smallest absolute Gasteiger partial charge is 0.251 e. The molecule has 4 rings (SSSR count). The highest BCUT2D eigenvalue weighted by molar-refractivity contribution is 5.94. The van der Waals surface area contributed by atoms with Crippen molar-refractivity contribution in [3.63, 3.8) is 0 Å². The summed E-state index contributed by atoms with van der Waals surface area (Å²) in [6.45, 7) is 4.79. The maximum atomic E-state index is 12.5. The van der Waals surface area contributed by atoms with Gasteiger partial charge in [0.05, 0.1) is 13.2 Å². The highest BCUT2D eigenvalue weighted by atomic mass is 16.5. The molecule has 1 amide bonds. The van der Waals surface area contributed by atoms with E-state index >= 15 is 0 Å². The number of ether oxygens (including phenoxy) is 1. The Labute approximate surface area is 163 Å². The lowest BCUT2D eigenvalue weighted by molar-refractivity contribution is 0.0340. The molecule has 1 aliphatic heterocycles. The predicted molar refractivity (Wildman–Crippen MR) is 103 cm³/mol. The largest absolute Gasteiger partial charge is 0.423 e. The van der Waals surface area contributed by atoms with Crippen LogP contribution in [0.5, 0.6) is 0 Å². The molecule has 1 saturated heterocycles. The second-order valence-electron chi connectivity index (χ2n) is 6.66. The molecule has 7 heteroatoms. The minimum Gasteiger partial charge on any atom is -0.423 e. The number of hydrogen-bond donors (Lipinski definition) is 1. The molecular formula is C21H22N4O3. The number of benzene rings is 2. The van der Waals surface area contributed by atoms with E-state index < -0.39 is 0 Å². The normalized spacial score (nSPS) is 14.7. The van der Waals surface area contributed by atoms with Crippen molar-refractivity contribution < 1.29 is 13.9 Å². The van der Waals surface area contributed by atoms with Crippen LogP contribution in [-0.4, -0.2) is 47.3 Å². The standard InChI is InChI=1S/C21H22N4O3/c26-20(16-5-7-17(8-6-16)21-24-23-15-28-21)22-13-18-3-1-2-4-19(18)14-25-9-11-27-12-10-25/h1-8,15H,9-14H2,(H,22,26). The van der Waals surface area contributed by atoms with E-state index in [4.69, 9.17) is 9.15 Å². The molecule has 3 aromatic rings. The summed E-state index contributed by atoms with van der Waals surface area (Å²) in [7, 11) is 0. The Hall–Kier alpha value is -3.03. The molecule has 1 fully saturated rings. The number of nitrogens with zero attached hydrogens (tertiary/aromatic N) is 3. The molecule has 0 saturated carbocycles.